The minimum Gasteiger partial charge on any atom is -0.503 e. The zero-order valence-electron chi connectivity index (χ0n) is 16.8. The Bertz CT molecular complexity index is 1060. The van der Waals surface area contributed by atoms with Crippen LogP contribution in [-0.4, -0.2) is 41.0 Å². The molecule has 1 atom stereocenters. The van der Waals surface area contributed by atoms with E-state index < -0.39 is 23.5 Å². The van der Waals surface area contributed by atoms with Gasteiger partial charge in [-0.1, -0.05) is 24.3 Å². The fourth-order valence-corrected chi connectivity index (χ4v) is 4.48. The van der Waals surface area contributed by atoms with Gasteiger partial charge in [0.25, 0.3) is 5.91 Å². The molecule has 0 radical (unpaired) electrons. The standard InChI is InChI=1S/C23H23NO5S/c1-14(2)28-11-6-10-24-20(18-9-5-12-30-18)19(22(26)23(24)27)21(25)17-13-15-7-3-4-8-16(15)29-17/h3-5,7-9,12-14,20,26H,6,10-11H2,1-2H3. The smallest absolute Gasteiger partial charge is 0.290 e. The molecule has 1 unspecified atom stereocenters. The molecule has 3 heterocycles. The number of aliphatic hydroxyl groups is 1. The Morgan fingerprint density at radius 1 is 1.27 bits per heavy atom. The normalized spacial score (nSPS) is 17.0. The lowest BCUT2D eigenvalue weighted by atomic mass is 10.00. The highest BCUT2D eigenvalue weighted by atomic mass is 32.1. The van der Waals surface area contributed by atoms with Crippen molar-refractivity contribution in [3.8, 4) is 0 Å². The number of thiophene rings is 1. The van der Waals surface area contributed by atoms with Crippen molar-refractivity contribution in [2.75, 3.05) is 13.2 Å². The van der Waals surface area contributed by atoms with Gasteiger partial charge < -0.3 is 19.2 Å². The van der Waals surface area contributed by atoms with Crippen LogP contribution in [0.3, 0.4) is 0 Å². The van der Waals surface area contributed by atoms with Crippen LogP contribution in [0.2, 0.25) is 0 Å². The Labute approximate surface area is 178 Å². The number of hydrogen-bond acceptors (Lipinski definition) is 6. The number of ketones is 1. The molecule has 30 heavy (non-hydrogen) atoms. The zero-order valence-corrected chi connectivity index (χ0v) is 17.6. The molecule has 0 fully saturated rings. The number of ether oxygens (including phenoxy) is 1. The predicted octanol–water partition coefficient (Wildman–Crippen LogP) is 4.89. The first-order chi connectivity index (χ1) is 14.5. The molecular weight excluding hydrogens is 402 g/mol. The average Bonchev–Trinajstić information content (AvgIpc) is 3.44. The number of aliphatic hydroxyl groups excluding tert-OH is 1. The number of nitrogens with zero attached hydrogens (tertiary/aromatic N) is 1. The van der Waals surface area contributed by atoms with Crippen molar-refractivity contribution in [1.29, 1.82) is 0 Å². The van der Waals surface area contributed by atoms with E-state index in [-0.39, 0.29) is 17.4 Å². The second kappa shape index (κ2) is 8.45. The van der Waals surface area contributed by atoms with E-state index in [1.165, 1.54) is 11.3 Å². The molecule has 2 aromatic heterocycles. The monoisotopic (exact) mass is 425 g/mol. The second-order valence-corrected chi connectivity index (χ2v) is 8.41. The van der Waals surface area contributed by atoms with Crippen molar-refractivity contribution in [2.45, 2.75) is 32.4 Å². The van der Waals surface area contributed by atoms with Crippen molar-refractivity contribution in [2.24, 2.45) is 0 Å². The van der Waals surface area contributed by atoms with Crippen LogP contribution in [0.4, 0.5) is 0 Å². The lowest BCUT2D eigenvalue weighted by molar-refractivity contribution is -0.129. The second-order valence-electron chi connectivity index (χ2n) is 7.43. The molecule has 1 aromatic carbocycles. The maximum absolute atomic E-state index is 13.3. The van der Waals surface area contributed by atoms with Crippen LogP contribution in [-0.2, 0) is 9.53 Å². The SMILES string of the molecule is CC(C)OCCCN1C(=O)C(O)=C(C(=O)c2cc3ccccc3o2)C1c1cccs1. The minimum atomic E-state index is -0.641. The Balaban J connectivity index is 1.66. The third kappa shape index (κ3) is 3.78. The molecule has 7 heteroatoms. The van der Waals surface area contributed by atoms with Gasteiger partial charge in [0, 0.05) is 23.4 Å². The number of Topliss-reactive ketones (excluding diaryl/α,β-unsaturated/α-hetero) is 1. The number of amides is 1. The summed E-state index contributed by atoms with van der Waals surface area (Å²) in [6.07, 6.45) is 0.703. The molecule has 0 saturated heterocycles. The van der Waals surface area contributed by atoms with Crippen LogP contribution in [0.5, 0.6) is 0 Å². The highest BCUT2D eigenvalue weighted by Crippen LogP contribution is 2.41. The molecule has 1 N–H and O–H groups in total. The van der Waals surface area contributed by atoms with Crippen molar-refractivity contribution in [3.05, 3.63) is 69.8 Å². The van der Waals surface area contributed by atoms with Gasteiger partial charge in [-0.15, -0.1) is 11.3 Å². The minimum absolute atomic E-state index is 0.0614. The Morgan fingerprint density at radius 2 is 2.07 bits per heavy atom. The third-order valence-electron chi connectivity index (χ3n) is 5.00. The van der Waals surface area contributed by atoms with E-state index in [1.54, 1.807) is 17.0 Å². The van der Waals surface area contributed by atoms with E-state index in [9.17, 15) is 14.7 Å². The first-order valence-electron chi connectivity index (χ1n) is 9.89. The number of carbonyl (C=O) groups excluding carboxylic acids is 2. The van der Waals surface area contributed by atoms with E-state index in [2.05, 4.69) is 0 Å². The maximum atomic E-state index is 13.3. The van der Waals surface area contributed by atoms with Crippen LogP contribution in [0, 0.1) is 0 Å². The lowest BCUT2D eigenvalue weighted by Crippen LogP contribution is -2.32. The van der Waals surface area contributed by atoms with Gasteiger partial charge in [0.15, 0.2) is 11.5 Å². The first kappa shape index (κ1) is 20.4. The van der Waals surface area contributed by atoms with Gasteiger partial charge in [0.05, 0.1) is 17.7 Å². The molecular formula is C23H23NO5S. The fraction of sp³-hybridized carbons (Fsp3) is 0.304. The summed E-state index contributed by atoms with van der Waals surface area (Å²) in [7, 11) is 0. The average molecular weight is 426 g/mol. The number of fused-ring (bicyclic) bond motifs is 1. The summed E-state index contributed by atoms with van der Waals surface area (Å²) >= 11 is 1.44. The van der Waals surface area contributed by atoms with Gasteiger partial charge in [0.1, 0.15) is 5.58 Å². The lowest BCUT2D eigenvalue weighted by Gasteiger charge is -2.25. The van der Waals surface area contributed by atoms with Gasteiger partial charge in [-0.2, -0.15) is 0 Å². The number of furan rings is 1. The fourth-order valence-electron chi connectivity index (χ4n) is 3.64. The number of benzene rings is 1. The molecule has 6 nitrogen and oxygen atoms in total. The molecule has 3 aromatic rings. The summed E-state index contributed by atoms with van der Waals surface area (Å²) in [6, 6.07) is 12.0. The number of carbonyl (C=O) groups is 2. The van der Waals surface area contributed by atoms with Crippen LogP contribution in [0.25, 0.3) is 11.0 Å². The summed E-state index contributed by atoms with van der Waals surface area (Å²) in [5, 5.41) is 13.3. The highest BCUT2D eigenvalue weighted by Gasteiger charge is 2.44. The summed E-state index contributed by atoms with van der Waals surface area (Å²) in [5.74, 6) is -1.42. The molecule has 0 bridgehead atoms. The van der Waals surface area contributed by atoms with Crippen LogP contribution < -0.4 is 0 Å². The van der Waals surface area contributed by atoms with Crippen molar-refractivity contribution < 1.29 is 23.8 Å². The van der Waals surface area contributed by atoms with E-state index >= 15 is 0 Å². The van der Waals surface area contributed by atoms with Gasteiger partial charge in [-0.3, -0.25) is 9.59 Å². The third-order valence-corrected chi connectivity index (χ3v) is 5.93. The molecule has 1 amide bonds. The summed E-state index contributed by atoms with van der Waals surface area (Å²) in [5.41, 5.74) is 0.645. The number of rotatable bonds is 8. The molecule has 0 spiro atoms. The van der Waals surface area contributed by atoms with Crippen LogP contribution in [0.15, 0.2) is 63.6 Å². The van der Waals surface area contributed by atoms with Gasteiger partial charge in [-0.05, 0) is 43.8 Å². The van der Waals surface area contributed by atoms with Crippen molar-refractivity contribution >= 4 is 34.0 Å². The largest absolute Gasteiger partial charge is 0.503 e. The molecule has 4 rings (SSSR count). The molecule has 1 aliphatic heterocycles. The molecule has 0 saturated carbocycles. The Hall–Kier alpha value is -2.90. The van der Waals surface area contributed by atoms with E-state index in [0.29, 0.717) is 25.2 Å². The molecule has 1 aliphatic rings. The molecule has 0 aliphatic carbocycles. The number of para-hydroxylation sites is 1. The van der Waals surface area contributed by atoms with Crippen LogP contribution in [0.1, 0.15) is 41.7 Å². The quantitative estimate of drug-likeness (QED) is 0.411. The zero-order chi connectivity index (χ0) is 21.3. The predicted molar refractivity (Wildman–Crippen MR) is 115 cm³/mol. The summed E-state index contributed by atoms with van der Waals surface area (Å²) < 4.78 is 11.3. The maximum Gasteiger partial charge on any atom is 0.290 e. The van der Waals surface area contributed by atoms with Gasteiger partial charge in [0.2, 0.25) is 5.78 Å². The van der Waals surface area contributed by atoms with Gasteiger partial charge >= 0.3 is 0 Å². The van der Waals surface area contributed by atoms with Crippen LogP contribution >= 0.6 is 11.3 Å². The Morgan fingerprint density at radius 3 is 2.77 bits per heavy atom. The highest BCUT2D eigenvalue weighted by molar-refractivity contribution is 7.10. The Kier molecular flexibility index (Phi) is 5.74. The first-order valence-corrected chi connectivity index (χ1v) is 10.8. The van der Waals surface area contributed by atoms with Crippen molar-refractivity contribution in [3.63, 3.8) is 0 Å². The number of hydrogen-bond donors (Lipinski definition) is 1. The summed E-state index contributed by atoms with van der Waals surface area (Å²) in [6.45, 7) is 4.77. The van der Waals surface area contributed by atoms with E-state index in [1.807, 2.05) is 49.6 Å². The van der Waals surface area contributed by atoms with E-state index in [4.69, 9.17) is 9.15 Å². The van der Waals surface area contributed by atoms with E-state index in [0.717, 1.165) is 10.3 Å². The summed E-state index contributed by atoms with van der Waals surface area (Å²) in [4.78, 5) is 28.5. The molecule has 156 valence electrons. The topological polar surface area (TPSA) is 80.0 Å². The van der Waals surface area contributed by atoms with Crippen molar-refractivity contribution in [1.82, 2.24) is 4.90 Å². The van der Waals surface area contributed by atoms with Gasteiger partial charge in [-0.25, -0.2) is 0 Å².